The number of amides is 1. The summed E-state index contributed by atoms with van der Waals surface area (Å²) in [5, 5.41) is 6.49. The summed E-state index contributed by atoms with van der Waals surface area (Å²) >= 11 is 0. The summed E-state index contributed by atoms with van der Waals surface area (Å²) in [4.78, 5) is 15.2. The molecule has 0 bridgehead atoms. The third kappa shape index (κ3) is 7.59. The van der Waals surface area contributed by atoms with Crippen molar-refractivity contribution in [2.45, 2.75) is 57.9 Å². The zero-order chi connectivity index (χ0) is 16.5. The molecule has 1 unspecified atom stereocenters. The Kier molecular flexibility index (Phi) is 13.1. The van der Waals surface area contributed by atoms with Crippen LogP contribution in [0, 0.1) is 5.41 Å². The summed E-state index contributed by atoms with van der Waals surface area (Å²) in [5.74, 6) is 0.187. The number of rotatable bonds is 8. The van der Waals surface area contributed by atoms with E-state index in [2.05, 4.69) is 22.5 Å². The van der Waals surface area contributed by atoms with Crippen LogP contribution in [-0.4, -0.2) is 63.3 Å². The molecule has 0 radical (unpaired) electrons. The number of ether oxygens (including phenoxy) is 1. The maximum absolute atomic E-state index is 12.6. The Balaban J connectivity index is 0.00000288. The van der Waals surface area contributed by atoms with Crippen molar-refractivity contribution in [3.63, 3.8) is 0 Å². The van der Waals surface area contributed by atoms with Crippen LogP contribution in [0.4, 0.5) is 0 Å². The molecule has 7 heteroatoms. The van der Waals surface area contributed by atoms with E-state index in [-0.39, 0.29) is 36.1 Å². The normalized spacial score (nSPS) is 23.2. The number of halogens is 2. The van der Waals surface area contributed by atoms with Gasteiger partial charge in [0.25, 0.3) is 0 Å². The minimum Gasteiger partial charge on any atom is -0.384 e. The van der Waals surface area contributed by atoms with Gasteiger partial charge in [-0.3, -0.25) is 4.79 Å². The minimum atomic E-state index is -0.318. The summed E-state index contributed by atoms with van der Waals surface area (Å²) in [7, 11) is 1.69. The van der Waals surface area contributed by atoms with Gasteiger partial charge < -0.3 is 20.3 Å². The van der Waals surface area contributed by atoms with Crippen molar-refractivity contribution in [2.24, 2.45) is 5.41 Å². The number of methoxy groups -OCH3 is 1. The van der Waals surface area contributed by atoms with Crippen LogP contribution in [0.15, 0.2) is 0 Å². The van der Waals surface area contributed by atoms with Gasteiger partial charge in [0, 0.05) is 19.7 Å². The molecule has 0 aliphatic carbocycles. The number of piperidine rings is 2. The largest absolute Gasteiger partial charge is 0.384 e. The molecule has 25 heavy (non-hydrogen) atoms. The Labute approximate surface area is 165 Å². The zero-order valence-corrected chi connectivity index (χ0v) is 17.5. The average Bonchev–Trinajstić information content (AvgIpc) is 2.57. The standard InChI is InChI=1S/C18H35N3O2.2ClH/c1-16-7-3-5-13-21(16)14-6-4-10-20-17(22)18(15-23-2)8-11-19-12-9-18;;/h16,19H,3-15H2,1-2H3,(H,20,22);2*1H. The second-order valence-electron chi connectivity index (χ2n) is 7.31. The number of carbonyl (C=O) groups is 1. The molecule has 150 valence electrons. The predicted octanol–water partition coefficient (Wildman–Crippen LogP) is 2.62. The second-order valence-corrected chi connectivity index (χ2v) is 7.31. The lowest BCUT2D eigenvalue weighted by molar-refractivity contribution is -0.136. The lowest BCUT2D eigenvalue weighted by Gasteiger charge is -2.35. The van der Waals surface area contributed by atoms with E-state index < -0.39 is 0 Å². The van der Waals surface area contributed by atoms with E-state index in [4.69, 9.17) is 4.74 Å². The molecule has 0 aromatic rings. The Morgan fingerprint density at radius 2 is 1.96 bits per heavy atom. The van der Waals surface area contributed by atoms with Crippen LogP contribution in [-0.2, 0) is 9.53 Å². The molecule has 2 saturated heterocycles. The molecule has 2 aliphatic heterocycles. The van der Waals surface area contributed by atoms with E-state index in [1.165, 1.54) is 38.8 Å². The first kappa shape index (κ1) is 24.9. The quantitative estimate of drug-likeness (QED) is 0.618. The summed E-state index contributed by atoms with van der Waals surface area (Å²) in [5.41, 5.74) is -0.318. The molecular formula is C18H37Cl2N3O2. The van der Waals surface area contributed by atoms with E-state index in [0.717, 1.165) is 44.9 Å². The van der Waals surface area contributed by atoms with E-state index >= 15 is 0 Å². The maximum atomic E-state index is 12.6. The monoisotopic (exact) mass is 397 g/mol. The van der Waals surface area contributed by atoms with Crippen LogP contribution < -0.4 is 10.6 Å². The second kappa shape index (κ2) is 13.2. The molecule has 2 heterocycles. The third-order valence-corrected chi connectivity index (χ3v) is 5.56. The van der Waals surface area contributed by atoms with Gasteiger partial charge in [0.1, 0.15) is 0 Å². The fourth-order valence-electron chi connectivity index (χ4n) is 3.94. The van der Waals surface area contributed by atoms with Crippen molar-refractivity contribution in [1.82, 2.24) is 15.5 Å². The first-order valence-electron chi connectivity index (χ1n) is 9.40. The average molecular weight is 398 g/mol. The Hall–Kier alpha value is -0.0700. The Bertz CT molecular complexity index is 361. The molecule has 2 N–H and O–H groups in total. The first-order valence-corrected chi connectivity index (χ1v) is 9.40. The fourth-order valence-corrected chi connectivity index (χ4v) is 3.94. The summed E-state index contributed by atoms with van der Waals surface area (Å²) in [6.45, 7) is 7.90. The first-order chi connectivity index (χ1) is 11.2. The van der Waals surface area contributed by atoms with Crippen molar-refractivity contribution in [1.29, 1.82) is 0 Å². The molecule has 5 nitrogen and oxygen atoms in total. The smallest absolute Gasteiger partial charge is 0.228 e. The van der Waals surface area contributed by atoms with Gasteiger partial charge in [-0.05, 0) is 71.6 Å². The number of unbranched alkanes of at least 4 members (excludes halogenated alkanes) is 1. The van der Waals surface area contributed by atoms with Crippen molar-refractivity contribution >= 4 is 30.7 Å². The van der Waals surface area contributed by atoms with Gasteiger partial charge in [0.2, 0.25) is 5.91 Å². The summed E-state index contributed by atoms with van der Waals surface area (Å²) < 4.78 is 5.33. The summed E-state index contributed by atoms with van der Waals surface area (Å²) in [6, 6.07) is 0.734. The van der Waals surface area contributed by atoms with Gasteiger partial charge in [-0.1, -0.05) is 6.42 Å². The SMILES string of the molecule is COCC1(C(=O)NCCCCN2CCCCC2C)CCNCC1.Cl.Cl. The van der Waals surface area contributed by atoms with E-state index in [1.807, 2.05) is 0 Å². The van der Waals surface area contributed by atoms with Gasteiger partial charge in [-0.15, -0.1) is 24.8 Å². The number of hydrogen-bond donors (Lipinski definition) is 2. The maximum Gasteiger partial charge on any atom is 0.228 e. The fraction of sp³-hybridized carbons (Fsp3) is 0.944. The van der Waals surface area contributed by atoms with Crippen LogP contribution in [0.3, 0.4) is 0 Å². The lowest BCUT2D eigenvalue weighted by atomic mass is 9.78. The molecule has 0 aromatic heterocycles. The highest BCUT2D eigenvalue weighted by Crippen LogP contribution is 2.29. The molecule has 2 rings (SSSR count). The number of hydrogen-bond acceptors (Lipinski definition) is 4. The molecule has 2 fully saturated rings. The molecule has 1 amide bonds. The predicted molar refractivity (Wildman–Crippen MR) is 108 cm³/mol. The van der Waals surface area contributed by atoms with E-state index in [0.29, 0.717) is 6.61 Å². The van der Waals surface area contributed by atoms with Crippen molar-refractivity contribution in [3.8, 4) is 0 Å². The van der Waals surface area contributed by atoms with Gasteiger partial charge >= 0.3 is 0 Å². The molecular weight excluding hydrogens is 361 g/mol. The van der Waals surface area contributed by atoms with Gasteiger partial charge in [-0.25, -0.2) is 0 Å². The summed E-state index contributed by atoms with van der Waals surface area (Å²) in [6.07, 6.45) is 8.04. The molecule has 0 saturated carbocycles. The van der Waals surface area contributed by atoms with E-state index in [1.54, 1.807) is 7.11 Å². The van der Waals surface area contributed by atoms with E-state index in [9.17, 15) is 4.79 Å². The topological polar surface area (TPSA) is 53.6 Å². The van der Waals surface area contributed by atoms with Crippen LogP contribution in [0.1, 0.15) is 51.9 Å². The van der Waals surface area contributed by atoms with Gasteiger partial charge in [0.15, 0.2) is 0 Å². The van der Waals surface area contributed by atoms with Crippen LogP contribution in [0.5, 0.6) is 0 Å². The van der Waals surface area contributed by atoms with Crippen LogP contribution in [0.2, 0.25) is 0 Å². The van der Waals surface area contributed by atoms with Crippen molar-refractivity contribution < 1.29 is 9.53 Å². The highest BCUT2D eigenvalue weighted by Gasteiger charge is 2.39. The number of likely N-dealkylation sites (tertiary alicyclic amines) is 1. The molecule has 0 spiro atoms. The number of carbonyl (C=O) groups excluding carboxylic acids is 1. The zero-order valence-electron chi connectivity index (χ0n) is 15.8. The molecule has 1 atom stereocenters. The lowest BCUT2D eigenvalue weighted by Crippen LogP contribution is -2.50. The highest BCUT2D eigenvalue weighted by molar-refractivity contribution is 5.85. The number of nitrogens with one attached hydrogen (secondary N) is 2. The van der Waals surface area contributed by atoms with Crippen LogP contribution in [0.25, 0.3) is 0 Å². The number of nitrogens with zero attached hydrogens (tertiary/aromatic N) is 1. The Morgan fingerprint density at radius 3 is 2.60 bits per heavy atom. The molecule has 2 aliphatic rings. The van der Waals surface area contributed by atoms with Crippen molar-refractivity contribution in [3.05, 3.63) is 0 Å². The van der Waals surface area contributed by atoms with Crippen molar-refractivity contribution in [2.75, 3.05) is 46.4 Å². The van der Waals surface area contributed by atoms with Gasteiger partial charge in [0.05, 0.1) is 12.0 Å². The minimum absolute atomic E-state index is 0. The van der Waals surface area contributed by atoms with Gasteiger partial charge in [-0.2, -0.15) is 0 Å². The third-order valence-electron chi connectivity index (χ3n) is 5.56. The molecule has 0 aromatic carbocycles. The Morgan fingerprint density at radius 1 is 1.24 bits per heavy atom. The highest BCUT2D eigenvalue weighted by atomic mass is 35.5. The van der Waals surface area contributed by atoms with Crippen LogP contribution >= 0.6 is 24.8 Å².